The Balaban J connectivity index is 1.81. The lowest BCUT2D eigenvalue weighted by atomic mass is 10.2. The third-order valence-corrected chi connectivity index (χ3v) is 3.96. The van der Waals surface area contributed by atoms with Gasteiger partial charge in [-0.15, -0.1) is 0 Å². The van der Waals surface area contributed by atoms with Crippen LogP contribution < -0.4 is 14.9 Å². The summed E-state index contributed by atoms with van der Waals surface area (Å²) in [6, 6.07) is 12.1. The number of hydrogen-bond donors (Lipinski definition) is 0. The Kier molecular flexibility index (Phi) is 5.68. The van der Waals surface area contributed by atoms with Crippen molar-refractivity contribution in [1.82, 2.24) is 0 Å². The Labute approximate surface area is 162 Å². The first-order valence-corrected chi connectivity index (χ1v) is 9.00. The third kappa shape index (κ3) is 4.52. The van der Waals surface area contributed by atoms with Crippen LogP contribution in [-0.2, 0) is 9.53 Å². The third-order valence-electron chi connectivity index (χ3n) is 3.96. The van der Waals surface area contributed by atoms with Crippen LogP contribution in [0.15, 0.2) is 57.9 Å². The Hall–Kier alpha value is -3.28. The maximum atomic E-state index is 12.7. The summed E-state index contributed by atoms with van der Waals surface area (Å²) in [6.07, 6.45) is 0.265. The van der Waals surface area contributed by atoms with Gasteiger partial charge in [-0.3, -0.25) is 4.79 Å². The Bertz CT molecular complexity index is 1030. The first-order valence-electron chi connectivity index (χ1n) is 9.00. The van der Waals surface area contributed by atoms with E-state index in [9.17, 15) is 9.59 Å². The molecule has 2 aromatic carbocycles. The second-order valence-electron chi connectivity index (χ2n) is 6.75. The van der Waals surface area contributed by atoms with E-state index < -0.39 is 12.1 Å². The van der Waals surface area contributed by atoms with E-state index in [-0.39, 0.29) is 17.3 Å². The van der Waals surface area contributed by atoms with Crippen molar-refractivity contribution in [3.05, 3.63) is 64.5 Å². The van der Waals surface area contributed by atoms with Crippen LogP contribution in [0.3, 0.4) is 0 Å². The molecule has 0 aliphatic heterocycles. The zero-order chi connectivity index (χ0) is 20.3. The van der Waals surface area contributed by atoms with Crippen molar-refractivity contribution in [2.45, 2.75) is 39.9 Å². The lowest BCUT2D eigenvalue weighted by Crippen LogP contribution is -2.28. The zero-order valence-corrected chi connectivity index (χ0v) is 16.2. The van der Waals surface area contributed by atoms with Crippen LogP contribution in [-0.4, -0.2) is 18.2 Å². The van der Waals surface area contributed by atoms with Crippen LogP contribution in [0.4, 0.5) is 0 Å². The summed E-state index contributed by atoms with van der Waals surface area (Å²) < 4.78 is 21.9. The zero-order valence-electron chi connectivity index (χ0n) is 16.2. The summed E-state index contributed by atoms with van der Waals surface area (Å²) in [5, 5.41) is 0.356. The maximum absolute atomic E-state index is 12.7. The minimum Gasteiger partial charge on any atom is -0.479 e. The van der Waals surface area contributed by atoms with Gasteiger partial charge in [0, 0.05) is 6.07 Å². The van der Waals surface area contributed by atoms with Crippen LogP contribution in [0.2, 0.25) is 0 Å². The Morgan fingerprint density at radius 3 is 2.36 bits per heavy atom. The van der Waals surface area contributed by atoms with Gasteiger partial charge in [0.25, 0.3) is 0 Å². The highest BCUT2D eigenvalue weighted by molar-refractivity contribution is 5.79. The van der Waals surface area contributed by atoms with E-state index in [4.69, 9.17) is 18.6 Å². The van der Waals surface area contributed by atoms with Crippen LogP contribution in [0.5, 0.6) is 17.2 Å². The second kappa shape index (κ2) is 8.17. The summed E-state index contributed by atoms with van der Waals surface area (Å²) in [5.41, 5.74) is 1.14. The molecule has 0 bridgehead atoms. The van der Waals surface area contributed by atoms with Gasteiger partial charge in [0.05, 0.1) is 11.5 Å². The van der Waals surface area contributed by atoms with Gasteiger partial charge in [-0.1, -0.05) is 17.7 Å². The maximum Gasteiger partial charge on any atom is 0.347 e. The highest BCUT2D eigenvalue weighted by Crippen LogP contribution is 2.24. The Morgan fingerprint density at radius 1 is 1.00 bits per heavy atom. The molecular formula is C22H22O6. The molecule has 0 radical (unpaired) electrons. The minimum atomic E-state index is -0.782. The van der Waals surface area contributed by atoms with Gasteiger partial charge in [-0.05, 0) is 52.0 Å². The van der Waals surface area contributed by atoms with Crippen LogP contribution in [0, 0.1) is 6.92 Å². The van der Waals surface area contributed by atoms with E-state index in [0.29, 0.717) is 22.5 Å². The quantitative estimate of drug-likeness (QED) is 0.580. The number of rotatable bonds is 6. The van der Waals surface area contributed by atoms with E-state index in [0.717, 1.165) is 5.56 Å². The molecule has 0 saturated heterocycles. The number of aryl methyl sites for hydroxylation is 1. The largest absolute Gasteiger partial charge is 0.479 e. The number of carbonyl (C=O) groups is 1. The smallest absolute Gasteiger partial charge is 0.347 e. The van der Waals surface area contributed by atoms with Crippen molar-refractivity contribution < 1.29 is 23.4 Å². The molecule has 3 aromatic rings. The summed E-state index contributed by atoms with van der Waals surface area (Å²) in [4.78, 5) is 24.5. The van der Waals surface area contributed by atoms with Crippen molar-refractivity contribution in [2.75, 3.05) is 0 Å². The molecule has 6 heteroatoms. The molecule has 0 N–H and O–H groups in total. The number of benzene rings is 2. The highest BCUT2D eigenvalue weighted by Gasteiger charge is 2.18. The van der Waals surface area contributed by atoms with Crippen molar-refractivity contribution in [1.29, 1.82) is 0 Å². The van der Waals surface area contributed by atoms with Crippen molar-refractivity contribution in [3.8, 4) is 17.2 Å². The van der Waals surface area contributed by atoms with Crippen LogP contribution in [0.25, 0.3) is 11.0 Å². The van der Waals surface area contributed by atoms with Crippen molar-refractivity contribution in [2.24, 2.45) is 0 Å². The molecule has 146 valence electrons. The monoisotopic (exact) mass is 382 g/mol. The summed E-state index contributed by atoms with van der Waals surface area (Å²) in [7, 11) is 0. The molecule has 1 atom stereocenters. The van der Waals surface area contributed by atoms with Gasteiger partial charge in [0.1, 0.15) is 23.3 Å². The predicted octanol–water partition coefficient (Wildman–Crippen LogP) is 4.61. The molecule has 0 amide bonds. The fraction of sp³-hybridized carbons (Fsp3) is 0.273. The van der Waals surface area contributed by atoms with E-state index in [1.165, 1.54) is 6.26 Å². The van der Waals surface area contributed by atoms with Gasteiger partial charge >= 0.3 is 5.97 Å². The van der Waals surface area contributed by atoms with Crippen molar-refractivity contribution in [3.63, 3.8) is 0 Å². The SMILES string of the molecule is Cc1ccc(Oc2coc3cc(O[C@@H](C)C(=O)OC(C)C)ccc3c2=O)cc1. The molecule has 3 rings (SSSR count). The molecule has 6 nitrogen and oxygen atoms in total. The van der Waals surface area contributed by atoms with Gasteiger partial charge < -0.3 is 18.6 Å². The van der Waals surface area contributed by atoms with Crippen molar-refractivity contribution >= 4 is 16.9 Å². The lowest BCUT2D eigenvalue weighted by Gasteiger charge is -2.15. The first kappa shape index (κ1) is 19.5. The molecule has 1 heterocycles. The molecule has 0 saturated carbocycles. The summed E-state index contributed by atoms with van der Waals surface area (Å²) >= 11 is 0. The predicted molar refractivity (Wildman–Crippen MR) is 105 cm³/mol. The van der Waals surface area contributed by atoms with Gasteiger partial charge in [0.2, 0.25) is 11.2 Å². The first-order chi connectivity index (χ1) is 13.3. The van der Waals surface area contributed by atoms with Crippen LogP contribution >= 0.6 is 0 Å². The standard InChI is InChI=1S/C22H22O6/c1-13(2)26-22(24)15(4)27-17-9-10-18-19(11-17)25-12-20(21(18)23)28-16-7-5-14(3)6-8-16/h5-13,15H,1-4H3/t15-/m0/s1. The number of hydrogen-bond acceptors (Lipinski definition) is 6. The van der Waals surface area contributed by atoms with Gasteiger partial charge in [-0.25, -0.2) is 4.79 Å². The van der Waals surface area contributed by atoms with E-state index >= 15 is 0 Å². The van der Waals surface area contributed by atoms with E-state index in [1.54, 1.807) is 51.1 Å². The average molecular weight is 382 g/mol. The molecule has 0 aliphatic carbocycles. The Morgan fingerprint density at radius 2 is 1.68 bits per heavy atom. The molecular weight excluding hydrogens is 360 g/mol. The number of carbonyl (C=O) groups excluding carboxylic acids is 1. The van der Waals surface area contributed by atoms with Gasteiger partial charge in [0.15, 0.2) is 6.10 Å². The van der Waals surface area contributed by atoms with E-state index in [2.05, 4.69) is 0 Å². The average Bonchev–Trinajstić information content (AvgIpc) is 2.65. The highest BCUT2D eigenvalue weighted by atomic mass is 16.6. The van der Waals surface area contributed by atoms with Gasteiger partial charge in [-0.2, -0.15) is 0 Å². The van der Waals surface area contributed by atoms with E-state index in [1.807, 2.05) is 19.1 Å². The lowest BCUT2D eigenvalue weighted by molar-refractivity contribution is -0.154. The second-order valence-corrected chi connectivity index (χ2v) is 6.75. The molecule has 28 heavy (non-hydrogen) atoms. The molecule has 0 fully saturated rings. The van der Waals surface area contributed by atoms with Crippen LogP contribution in [0.1, 0.15) is 26.3 Å². The minimum absolute atomic E-state index is 0.0962. The molecule has 0 spiro atoms. The normalized spacial score (nSPS) is 12.0. The number of fused-ring (bicyclic) bond motifs is 1. The molecule has 1 aromatic heterocycles. The molecule has 0 unspecified atom stereocenters. The topological polar surface area (TPSA) is 75.0 Å². The fourth-order valence-corrected chi connectivity index (χ4v) is 2.55. The fourth-order valence-electron chi connectivity index (χ4n) is 2.55. The number of esters is 1. The number of ether oxygens (including phenoxy) is 3. The molecule has 0 aliphatic rings. The summed E-state index contributed by atoms with van der Waals surface area (Å²) in [6.45, 7) is 7.11. The summed E-state index contributed by atoms with van der Waals surface area (Å²) in [5.74, 6) is 0.586.